The second-order valence-electron chi connectivity index (χ2n) is 6.97. The molecule has 0 aromatic heterocycles. The number of benzene rings is 1. The molecule has 1 N–H and O–H groups in total. The first-order valence-corrected chi connectivity index (χ1v) is 8.82. The first kappa shape index (κ1) is 15.9. The second kappa shape index (κ2) is 6.05. The maximum absolute atomic E-state index is 13.0. The lowest BCUT2D eigenvalue weighted by molar-refractivity contribution is -0.148. The quantitative estimate of drug-likeness (QED) is 0.905. The average Bonchev–Trinajstić information content (AvgIpc) is 3.15. The monoisotopic (exact) mass is 349 g/mol. The van der Waals surface area contributed by atoms with Crippen molar-refractivity contribution in [3.8, 4) is 0 Å². The summed E-state index contributed by atoms with van der Waals surface area (Å²) < 4.78 is 5.35. The Morgan fingerprint density at radius 1 is 1.29 bits per heavy atom. The molecule has 2 aliphatic carbocycles. The third-order valence-electron chi connectivity index (χ3n) is 5.59. The Kier molecular flexibility index (Phi) is 4.01. The molecule has 1 aromatic rings. The van der Waals surface area contributed by atoms with Gasteiger partial charge in [-0.25, -0.2) is 0 Å². The van der Waals surface area contributed by atoms with Gasteiger partial charge < -0.3 is 14.7 Å². The van der Waals surface area contributed by atoms with Crippen LogP contribution in [0.25, 0.3) is 0 Å². The van der Waals surface area contributed by atoms with E-state index in [0.29, 0.717) is 32.0 Å². The summed E-state index contributed by atoms with van der Waals surface area (Å²) in [4.78, 5) is 25.9. The van der Waals surface area contributed by atoms with Gasteiger partial charge in [0.05, 0.1) is 0 Å². The first-order valence-electron chi connectivity index (χ1n) is 8.44. The molecule has 5 nitrogen and oxygen atoms in total. The fraction of sp³-hybridized carbons (Fsp3) is 0.556. The van der Waals surface area contributed by atoms with Gasteiger partial charge in [-0.3, -0.25) is 9.59 Å². The normalized spacial score (nSPS) is 28.1. The SMILES string of the molecule is O=C(O)CN(C(=O)C1C2Cc3cc(Cl)ccc3C21)C1CCOCC1. The highest BCUT2D eigenvalue weighted by Crippen LogP contribution is 2.62. The third-order valence-corrected chi connectivity index (χ3v) is 5.83. The van der Waals surface area contributed by atoms with Gasteiger partial charge in [-0.2, -0.15) is 0 Å². The van der Waals surface area contributed by atoms with E-state index in [1.54, 1.807) is 4.90 Å². The Hall–Kier alpha value is -1.59. The molecular formula is C18H20ClNO4. The molecule has 1 aromatic carbocycles. The minimum atomic E-state index is -0.951. The lowest BCUT2D eigenvalue weighted by Crippen LogP contribution is -2.47. The van der Waals surface area contributed by atoms with Gasteiger partial charge in [0, 0.05) is 30.2 Å². The van der Waals surface area contributed by atoms with Crippen molar-refractivity contribution in [1.82, 2.24) is 4.90 Å². The number of rotatable bonds is 4. The minimum absolute atomic E-state index is 0.0000926. The molecule has 0 radical (unpaired) electrons. The fourth-order valence-corrected chi connectivity index (χ4v) is 4.63. The lowest BCUT2D eigenvalue weighted by atomic mass is 10.00. The summed E-state index contributed by atoms with van der Waals surface area (Å²) in [5.74, 6) is -0.475. The maximum Gasteiger partial charge on any atom is 0.323 e. The molecule has 2 fully saturated rings. The zero-order chi connectivity index (χ0) is 16.8. The van der Waals surface area contributed by atoms with Crippen LogP contribution in [0.2, 0.25) is 5.02 Å². The number of amides is 1. The van der Waals surface area contributed by atoms with Gasteiger partial charge in [0.2, 0.25) is 5.91 Å². The molecule has 1 saturated heterocycles. The van der Waals surface area contributed by atoms with Crippen LogP contribution in [0.1, 0.15) is 29.9 Å². The van der Waals surface area contributed by atoms with E-state index in [0.717, 1.165) is 11.4 Å². The van der Waals surface area contributed by atoms with Gasteiger partial charge in [-0.1, -0.05) is 17.7 Å². The Balaban J connectivity index is 1.52. The summed E-state index contributed by atoms with van der Waals surface area (Å²) in [6.45, 7) is 0.965. The van der Waals surface area contributed by atoms with Gasteiger partial charge in [-0.15, -0.1) is 0 Å². The number of carbonyl (C=O) groups excluding carboxylic acids is 1. The van der Waals surface area contributed by atoms with Gasteiger partial charge in [0.25, 0.3) is 0 Å². The van der Waals surface area contributed by atoms with E-state index >= 15 is 0 Å². The van der Waals surface area contributed by atoms with E-state index in [4.69, 9.17) is 16.3 Å². The van der Waals surface area contributed by atoms with Crippen molar-refractivity contribution < 1.29 is 19.4 Å². The summed E-state index contributed by atoms with van der Waals surface area (Å²) in [6, 6.07) is 5.85. The maximum atomic E-state index is 13.0. The van der Waals surface area contributed by atoms with Crippen LogP contribution in [-0.2, 0) is 20.7 Å². The van der Waals surface area contributed by atoms with E-state index in [9.17, 15) is 14.7 Å². The molecule has 24 heavy (non-hydrogen) atoms. The van der Waals surface area contributed by atoms with E-state index < -0.39 is 5.97 Å². The molecule has 6 heteroatoms. The van der Waals surface area contributed by atoms with E-state index in [-0.39, 0.29) is 30.3 Å². The molecule has 1 aliphatic heterocycles. The van der Waals surface area contributed by atoms with Crippen molar-refractivity contribution in [1.29, 1.82) is 0 Å². The summed E-state index contributed by atoms with van der Waals surface area (Å²) in [7, 11) is 0. The predicted octanol–water partition coefficient (Wildman–Crippen LogP) is 2.32. The largest absolute Gasteiger partial charge is 0.480 e. The van der Waals surface area contributed by atoms with Gasteiger partial charge >= 0.3 is 5.97 Å². The number of fused-ring (bicyclic) bond motifs is 3. The second-order valence-corrected chi connectivity index (χ2v) is 7.40. The molecule has 4 rings (SSSR count). The van der Waals surface area contributed by atoms with Crippen LogP contribution in [0.4, 0.5) is 0 Å². The zero-order valence-corrected chi connectivity index (χ0v) is 14.0. The molecule has 3 unspecified atom stereocenters. The summed E-state index contributed by atoms with van der Waals surface area (Å²) >= 11 is 6.04. The average molecular weight is 350 g/mol. The number of hydrogen-bond acceptors (Lipinski definition) is 3. The lowest BCUT2D eigenvalue weighted by Gasteiger charge is -2.33. The van der Waals surface area contributed by atoms with Crippen molar-refractivity contribution in [2.45, 2.75) is 31.2 Å². The van der Waals surface area contributed by atoms with Crippen molar-refractivity contribution >= 4 is 23.5 Å². The van der Waals surface area contributed by atoms with Gasteiger partial charge in [0.15, 0.2) is 0 Å². The summed E-state index contributed by atoms with van der Waals surface area (Å²) in [6.07, 6.45) is 2.30. The Morgan fingerprint density at radius 3 is 2.75 bits per heavy atom. The Morgan fingerprint density at radius 2 is 2.04 bits per heavy atom. The Labute approximate surface area is 145 Å². The Bertz CT molecular complexity index is 686. The van der Waals surface area contributed by atoms with Crippen LogP contribution >= 0.6 is 11.6 Å². The predicted molar refractivity (Wildman–Crippen MR) is 88.1 cm³/mol. The van der Waals surface area contributed by atoms with Crippen LogP contribution in [0.5, 0.6) is 0 Å². The molecule has 1 amide bonds. The third kappa shape index (κ3) is 2.70. The number of aliphatic carboxylic acids is 1. The molecule has 0 spiro atoms. The number of nitrogens with zero attached hydrogens (tertiary/aromatic N) is 1. The zero-order valence-electron chi connectivity index (χ0n) is 13.3. The molecule has 1 saturated carbocycles. The van der Waals surface area contributed by atoms with Crippen LogP contribution in [0.3, 0.4) is 0 Å². The molecule has 128 valence electrons. The highest BCUT2D eigenvalue weighted by molar-refractivity contribution is 6.30. The number of carboxylic acids is 1. The highest BCUT2D eigenvalue weighted by atomic mass is 35.5. The van der Waals surface area contributed by atoms with Crippen molar-refractivity contribution in [3.05, 3.63) is 34.3 Å². The topological polar surface area (TPSA) is 66.8 Å². The fourth-order valence-electron chi connectivity index (χ4n) is 4.44. The standard InChI is InChI=1S/C18H20ClNO4/c19-11-1-2-13-10(7-11)8-14-16(13)17(14)18(23)20(9-15(21)22)12-3-5-24-6-4-12/h1-2,7,12,14,16-17H,3-6,8-9H2,(H,21,22). The molecule has 3 aliphatic rings. The number of hydrogen-bond donors (Lipinski definition) is 1. The smallest absolute Gasteiger partial charge is 0.323 e. The molecule has 0 bridgehead atoms. The highest BCUT2D eigenvalue weighted by Gasteiger charge is 2.60. The van der Waals surface area contributed by atoms with Crippen LogP contribution in [0, 0.1) is 11.8 Å². The summed E-state index contributed by atoms with van der Waals surface area (Å²) in [5.41, 5.74) is 2.45. The van der Waals surface area contributed by atoms with Crippen molar-refractivity contribution in [2.24, 2.45) is 11.8 Å². The molecular weight excluding hydrogens is 330 g/mol. The number of carboxylic acid groups (broad SMARTS) is 1. The van der Waals surface area contributed by atoms with E-state index in [1.807, 2.05) is 18.2 Å². The summed E-state index contributed by atoms with van der Waals surface area (Å²) in [5, 5.41) is 9.95. The molecule has 3 atom stereocenters. The van der Waals surface area contributed by atoms with Crippen LogP contribution < -0.4 is 0 Å². The minimum Gasteiger partial charge on any atom is -0.480 e. The van der Waals surface area contributed by atoms with Crippen molar-refractivity contribution in [2.75, 3.05) is 19.8 Å². The first-order chi connectivity index (χ1) is 11.6. The van der Waals surface area contributed by atoms with Crippen LogP contribution in [0.15, 0.2) is 18.2 Å². The van der Waals surface area contributed by atoms with E-state index in [2.05, 4.69) is 0 Å². The van der Waals surface area contributed by atoms with Crippen molar-refractivity contribution in [3.63, 3.8) is 0 Å². The number of carbonyl (C=O) groups is 2. The van der Waals surface area contributed by atoms with Gasteiger partial charge in [-0.05, 0) is 54.4 Å². The van der Waals surface area contributed by atoms with Crippen LogP contribution in [-0.4, -0.2) is 47.7 Å². The molecule has 1 heterocycles. The van der Waals surface area contributed by atoms with Gasteiger partial charge in [0.1, 0.15) is 6.54 Å². The van der Waals surface area contributed by atoms with E-state index in [1.165, 1.54) is 11.1 Å². The number of halogens is 1. The number of ether oxygens (including phenoxy) is 1.